The van der Waals surface area contributed by atoms with E-state index in [9.17, 15) is 69.8 Å². The molecule has 244 valence electrons. The molecule has 0 aromatic rings. The average Bonchev–Trinajstić information content (AvgIpc) is 3.35. The van der Waals surface area contributed by atoms with Gasteiger partial charge in [-0.25, -0.2) is 16.8 Å². The maximum atomic E-state index is 11.4. The van der Waals surface area contributed by atoms with Gasteiger partial charge in [-0.1, -0.05) is 13.8 Å². The maximum Gasteiger partial charge on any atom is 0.468 e. The van der Waals surface area contributed by atoms with Gasteiger partial charge >= 0.3 is 22.9 Å². The van der Waals surface area contributed by atoms with Gasteiger partial charge in [0, 0.05) is 25.7 Å². The summed E-state index contributed by atoms with van der Waals surface area (Å²) in [4.78, 5) is 0. The Bertz CT molecular complexity index is 881. The molecule has 0 amide bonds. The van der Waals surface area contributed by atoms with Crippen molar-refractivity contribution >= 4 is 20.2 Å². The number of hydrogen-bond donors (Lipinski definition) is 0. The highest BCUT2D eigenvalue weighted by molar-refractivity contribution is 7.87. The van der Waals surface area contributed by atoms with Crippen molar-refractivity contribution in [1.29, 1.82) is 0 Å². The summed E-state index contributed by atoms with van der Waals surface area (Å²) in [6.07, 6.45) is -4.20. The Morgan fingerprint density at radius 3 is 0.850 bits per heavy atom. The molecule has 2 rings (SSSR count). The van der Waals surface area contributed by atoms with Crippen molar-refractivity contribution in [3.05, 3.63) is 0 Å². The zero-order valence-corrected chi connectivity index (χ0v) is 24.1. The molecule has 2 heterocycles. The Balaban J connectivity index is 0. The molecule has 2 fully saturated rings. The summed E-state index contributed by atoms with van der Waals surface area (Å²) in [5.74, 6) is 0. The van der Waals surface area contributed by atoms with Crippen LogP contribution in [0.5, 0.6) is 0 Å². The topological polar surface area (TPSA) is 114 Å². The highest BCUT2D eigenvalue weighted by Crippen LogP contribution is 2.39. The van der Waals surface area contributed by atoms with Crippen molar-refractivity contribution in [1.82, 2.24) is 0 Å². The average molecular weight is 655 g/mol. The van der Waals surface area contributed by atoms with Gasteiger partial charge in [-0.05, 0) is 12.8 Å². The smallest absolute Gasteiger partial charge is 0.468 e. The molecule has 20 heteroatoms. The van der Waals surface area contributed by atoms with E-state index in [1.54, 1.807) is 0 Å². The van der Waals surface area contributed by atoms with E-state index >= 15 is 0 Å². The summed E-state index contributed by atoms with van der Waals surface area (Å²) >= 11 is 0. The summed E-state index contributed by atoms with van der Waals surface area (Å²) in [6.45, 7) is 13.0. The Labute approximate surface area is 228 Å². The summed E-state index contributed by atoms with van der Waals surface area (Å²) in [5, 5.41) is -12.4. The second kappa shape index (κ2) is 15.0. The molecule has 0 saturated carbocycles. The van der Waals surface area contributed by atoms with Gasteiger partial charge < -0.3 is 18.1 Å². The first kappa shape index (κ1) is 41.2. The van der Waals surface area contributed by atoms with Gasteiger partial charge in [-0.2, -0.15) is 43.9 Å². The van der Waals surface area contributed by atoms with Crippen molar-refractivity contribution in [2.24, 2.45) is 0 Å². The minimum absolute atomic E-state index is 1.34. The van der Waals surface area contributed by atoms with Gasteiger partial charge in [0.15, 0.2) is 20.2 Å². The van der Waals surface area contributed by atoms with Gasteiger partial charge in [0.05, 0.1) is 53.4 Å². The highest BCUT2D eigenvalue weighted by atomic mass is 32.2. The van der Waals surface area contributed by atoms with Crippen LogP contribution in [0.3, 0.4) is 0 Å². The number of likely N-dealkylation sites (tertiary alicyclic amines) is 2. The third-order valence-electron chi connectivity index (χ3n) is 6.11. The number of rotatable bonds is 6. The van der Waals surface area contributed by atoms with E-state index in [1.165, 1.54) is 86.8 Å². The van der Waals surface area contributed by atoms with E-state index in [0.717, 1.165) is 0 Å². The minimum Gasteiger partial charge on any atom is -0.743 e. The van der Waals surface area contributed by atoms with Crippen LogP contribution in [0.15, 0.2) is 0 Å². The molecule has 8 nitrogen and oxygen atoms in total. The lowest BCUT2D eigenvalue weighted by Gasteiger charge is -2.28. The second-order valence-corrected chi connectivity index (χ2v) is 12.8. The molecular weight excluding hydrogens is 618 g/mol. The molecular formula is C20H36F10N2O6S2. The minimum atomic E-state index is -6.67. The Kier molecular flexibility index (Phi) is 15.4. The van der Waals surface area contributed by atoms with Crippen LogP contribution in [0, 0.1) is 0 Å². The quantitative estimate of drug-likeness (QED) is 0.234. The molecule has 2 aliphatic heterocycles. The SMILES string of the molecule is CCC[N+]1(C)CCCC1.CCC[N+]1(C)CCCC1.O=S(=O)([O-])C(F)(F)C(F)(F)F.O=S(=O)([O-])C(F)(F)C(F)(F)F. The molecule has 0 N–H and O–H groups in total. The summed E-state index contributed by atoms with van der Waals surface area (Å²) in [7, 11) is -8.57. The van der Waals surface area contributed by atoms with Gasteiger partial charge in [-0.15, -0.1) is 0 Å². The monoisotopic (exact) mass is 654 g/mol. The van der Waals surface area contributed by atoms with E-state index in [0.29, 0.717) is 0 Å². The first-order valence-electron chi connectivity index (χ1n) is 12.0. The standard InChI is InChI=1S/2C8H18N.2C2HF5O3S/c2*1-3-6-9(2)7-4-5-8-9;2*3-1(4,5)2(6,7)11(8,9)10/h2*3-8H2,1-2H3;2*(H,8,9,10)/q2*+1;;/p-2. The Morgan fingerprint density at radius 1 is 0.550 bits per heavy atom. The summed E-state index contributed by atoms with van der Waals surface area (Å²) in [5.41, 5.74) is 0. The predicted molar refractivity (Wildman–Crippen MR) is 122 cm³/mol. The van der Waals surface area contributed by atoms with Crippen LogP contribution in [-0.4, -0.2) is 111 Å². The lowest BCUT2D eigenvalue weighted by molar-refractivity contribution is -0.897. The molecule has 0 bridgehead atoms. The molecule has 0 spiro atoms. The molecule has 0 radical (unpaired) electrons. The predicted octanol–water partition coefficient (Wildman–Crippen LogP) is 4.65. The summed E-state index contributed by atoms with van der Waals surface area (Å²) < 4.78 is 170. The fourth-order valence-corrected chi connectivity index (χ4v) is 4.58. The van der Waals surface area contributed by atoms with E-state index in [1.807, 2.05) is 0 Å². The molecule has 0 aliphatic carbocycles. The van der Waals surface area contributed by atoms with Crippen LogP contribution >= 0.6 is 0 Å². The maximum absolute atomic E-state index is 11.4. The molecule has 2 aliphatic rings. The zero-order valence-electron chi connectivity index (χ0n) is 22.4. The molecule has 0 unspecified atom stereocenters. The van der Waals surface area contributed by atoms with Crippen LogP contribution < -0.4 is 0 Å². The fourth-order valence-electron chi connectivity index (χ4n) is 4.01. The zero-order chi connectivity index (χ0) is 32.5. The molecule has 0 atom stereocenters. The van der Waals surface area contributed by atoms with Crippen molar-refractivity contribution in [2.45, 2.75) is 75.2 Å². The third-order valence-corrected chi connectivity index (χ3v) is 7.83. The van der Waals surface area contributed by atoms with E-state index in [4.69, 9.17) is 0 Å². The second-order valence-electron chi connectivity index (χ2n) is 9.93. The van der Waals surface area contributed by atoms with Crippen molar-refractivity contribution in [2.75, 3.05) is 53.4 Å². The lowest BCUT2D eigenvalue weighted by Crippen LogP contribution is -2.43. The number of quaternary nitrogens is 2. The van der Waals surface area contributed by atoms with Gasteiger partial charge in [-0.3, -0.25) is 0 Å². The van der Waals surface area contributed by atoms with Gasteiger partial charge in [0.2, 0.25) is 0 Å². The largest absolute Gasteiger partial charge is 0.743 e. The van der Waals surface area contributed by atoms with E-state index < -0.39 is 43.1 Å². The Hall–Kier alpha value is -0.960. The highest BCUT2D eigenvalue weighted by Gasteiger charge is 2.64. The Morgan fingerprint density at radius 2 is 0.750 bits per heavy atom. The van der Waals surface area contributed by atoms with Gasteiger partial charge in [0.25, 0.3) is 0 Å². The number of halogens is 10. The van der Waals surface area contributed by atoms with E-state index in [-0.39, 0.29) is 0 Å². The molecule has 0 aromatic carbocycles. The van der Waals surface area contributed by atoms with Crippen LogP contribution in [0.2, 0.25) is 0 Å². The van der Waals surface area contributed by atoms with Crippen LogP contribution in [0.25, 0.3) is 0 Å². The number of nitrogens with zero attached hydrogens (tertiary/aromatic N) is 2. The summed E-state index contributed by atoms with van der Waals surface area (Å²) in [6, 6.07) is 0. The number of alkyl halides is 10. The normalized spacial score (nSPS) is 19.4. The molecule has 0 aromatic heterocycles. The molecule has 40 heavy (non-hydrogen) atoms. The van der Waals surface area contributed by atoms with Crippen molar-refractivity contribution in [3.63, 3.8) is 0 Å². The lowest BCUT2D eigenvalue weighted by atomic mass is 10.4. The van der Waals surface area contributed by atoms with Crippen molar-refractivity contribution in [3.8, 4) is 0 Å². The van der Waals surface area contributed by atoms with Crippen molar-refractivity contribution < 1.29 is 78.8 Å². The fraction of sp³-hybridized carbons (Fsp3) is 1.00. The molecule has 2 saturated heterocycles. The number of hydrogen-bond acceptors (Lipinski definition) is 6. The first-order valence-corrected chi connectivity index (χ1v) is 14.8. The van der Waals surface area contributed by atoms with Crippen LogP contribution in [0.4, 0.5) is 43.9 Å². The van der Waals surface area contributed by atoms with Crippen LogP contribution in [0.1, 0.15) is 52.4 Å². The van der Waals surface area contributed by atoms with Gasteiger partial charge in [0.1, 0.15) is 0 Å². The van der Waals surface area contributed by atoms with E-state index in [2.05, 4.69) is 27.9 Å². The first-order chi connectivity index (χ1) is 17.5. The van der Waals surface area contributed by atoms with Crippen LogP contribution in [-0.2, 0) is 20.2 Å². The third kappa shape index (κ3) is 12.9.